The number of carbonyl (C=O) groups is 1. The van der Waals surface area contributed by atoms with E-state index in [4.69, 9.17) is 14.2 Å². The maximum atomic E-state index is 13.1. The van der Waals surface area contributed by atoms with Crippen LogP contribution in [-0.4, -0.2) is 24.7 Å². The molecule has 0 saturated carbocycles. The van der Waals surface area contributed by atoms with Crippen molar-refractivity contribution in [1.82, 2.24) is 4.98 Å². The molecule has 1 unspecified atom stereocenters. The first kappa shape index (κ1) is 24.2. The van der Waals surface area contributed by atoms with Crippen molar-refractivity contribution in [2.45, 2.75) is 19.4 Å². The van der Waals surface area contributed by atoms with E-state index in [1.54, 1.807) is 7.11 Å². The minimum Gasteiger partial charge on any atom is -0.497 e. The predicted molar refractivity (Wildman–Crippen MR) is 145 cm³/mol. The van der Waals surface area contributed by atoms with Crippen molar-refractivity contribution >= 4 is 16.9 Å². The molecule has 1 N–H and O–H groups in total. The number of esters is 1. The number of methoxy groups -OCH3 is 1. The van der Waals surface area contributed by atoms with Crippen LogP contribution in [0, 0.1) is 0 Å². The van der Waals surface area contributed by atoms with Gasteiger partial charge in [0.1, 0.15) is 23.8 Å². The highest BCUT2D eigenvalue weighted by molar-refractivity contribution is 5.99. The number of H-pyrrole nitrogens is 1. The molecule has 0 aliphatic rings. The summed E-state index contributed by atoms with van der Waals surface area (Å²) in [6.07, 6.45) is 0. The van der Waals surface area contributed by atoms with Crippen LogP contribution in [0.15, 0.2) is 103 Å². The molecule has 1 heterocycles. The quantitative estimate of drug-likeness (QED) is 0.223. The van der Waals surface area contributed by atoms with E-state index in [0.29, 0.717) is 18.9 Å². The SMILES string of the molecule is CCOC(=O)c1[nH]c2ccccc2c1C(c1ccc(OC)cc1)c1cccc(OCc2ccccc2)c1. The molecule has 0 aliphatic heterocycles. The zero-order chi connectivity index (χ0) is 25.6. The molecule has 0 amide bonds. The summed E-state index contributed by atoms with van der Waals surface area (Å²) in [7, 11) is 1.65. The second-order valence-electron chi connectivity index (χ2n) is 8.73. The molecule has 5 heteroatoms. The van der Waals surface area contributed by atoms with Crippen molar-refractivity contribution in [3.63, 3.8) is 0 Å². The van der Waals surface area contributed by atoms with Crippen molar-refractivity contribution in [3.8, 4) is 11.5 Å². The van der Waals surface area contributed by atoms with E-state index in [1.165, 1.54) is 0 Å². The van der Waals surface area contributed by atoms with Crippen LogP contribution in [0.1, 0.15) is 45.6 Å². The van der Waals surface area contributed by atoms with Crippen molar-refractivity contribution in [2.75, 3.05) is 13.7 Å². The van der Waals surface area contributed by atoms with E-state index in [1.807, 2.05) is 97.9 Å². The van der Waals surface area contributed by atoms with Crippen LogP contribution in [0.5, 0.6) is 11.5 Å². The summed E-state index contributed by atoms with van der Waals surface area (Å²) >= 11 is 0. The molecule has 5 rings (SSSR count). The van der Waals surface area contributed by atoms with Crippen molar-refractivity contribution in [2.24, 2.45) is 0 Å². The van der Waals surface area contributed by atoms with Crippen LogP contribution in [0.3, 0.4) is 0 Å². The summed E-state index contributed by atoms with van der Waals surface area (Å²) in [5, 5.41) is 0.974. The van der Waals surface area contributed by atoms with Crippen LogP contribution in [-0.2, 0) is 11.3 Å². The number of nitrogens with one attached hydrogen (secondary N) is 1. The van der Waals surface area contributed by atoms with E-state index in [-0.39, 0.29) is 11.9 Å². The number of carbonyl (C=O) groups excluding carboxylic acids is 1. The molecule has 186 valence electrons. The Morgan fingerprint density at radius 3 is 2.32 bits per heavy atom. The molecule has 5 aromatic rings. The lowest BCUT2D eigenvalue weighted by Crippen LogP contribution is -2.12. The Kier molecular flexibility index (Phi) is 7.22. The van der Waals surface area contributed by atoms with Gasteiger partial charge in [0.05, 0.1) is 13.7 Å². The molecule has 1 atom stereocenters. The van der Waals surface area contributed by atoms with Crippen molar-refractivity contribution in [1.29, 1.82) is 0 Å². The van der Waals surface area contributed by atoms with Gasteiger partial charge in [0.2, 0.25) is 0 Å². The summed E-state index contributed by atoms with van der Waals surface area (Å²) in [6, 6.07) is 34.1. The number of hydrogen-bond donors (Lipinski definition) is 1. The lowest BCUT2D eigenvalue weighted by molar-refractivity contribution is 0.0519. The Morgan fingerprint density at radius 1 is 0.811 bits per heavy atom. The zero-order valence-electron chi connectivity index (χ0n) is 20.9. The smallest absolute Gasteiger partial charge is 0.355 e. The van der Waals surface area contributed by atoms with Gasteiger partial charge in [-0.05, 0) is 53.9 Å². The fourth-order valence-electron chi connectivity index (χ4n) is 4.67. The number of aromatic amines is 1. The van der Waals surface area contributed by atoms with Crippen molar-refractivity contribution < 1.29 is 19.0 Å². The van der Waals surface area contributed by atoms with E-state index in [0.717, 1.165) is 44.7 Å². The molecule has 4 aromatic carbocycles. The van der Waals surface area contributed by atoms with E-state index >= 15 is 0 Å². The fraction of sp³-hybridized carbons (Fsp3) is 0.156. The number of aromatic nitrogens is 1. The van der Waals surface area contributed by atoms with Gasteiger partial charge >= 0.3 is 5.97 Å². The van der Waals surface area contributed by atoms with Gasteiger partial charge in [0.25, 0.3) is 0 Å². The van der Waals surface area contributed by atoms with Gasteiger partial charge in [-0.2, -0.15) is 0 Å². The molecule has 5 nitrogen and oxygen atoms in total. The van der Waals surface area contributed by atoms with Crippen LogP contribution < -0.4 is 9.47 Å². The highest BCUT2D eigenvalue weighted by Crippen LogP contribution is 2.40. The van der Waals surface area contributed by atoms with Crippen LogP contribution in [0.4, 0.5) is 0 Å². The molecule has 1 aromatic heterocycles. The number of para-hydroxylation sites is 1. The Morgan fingerprint density at radius 2 is 1.57 bits per heavy atom. The number of hydrogen-bond acceptors (Lipinski definition) is 4. The summed E-state index contributed by atoms with van der Waals surface area (Å²) in [5.74, 6) is 0.912. The number of ether oxygens (including phenoxy) is 3. The van der Waals surface area contributed by atoms with E-state index in [9.17, 15) is 4.79 Å². The van der Waals surface area contributed by atoms with Gasteiger partial charge in [-0.1, -0.05) is 72.8 Å². The summed E-state index contributed by atoms with van der Waals surface area (Å²) in [4.78, 5) is 16.5. The number of rotatable bonds is 9. The molecule has 0 radical (unpaired) electrons. The molecule has 37 heavy (non-hydrogen) atoms. The summed E-state index contributed by atoms with van der Waals surface area (Å²) in [6.45, 7) is 2.58. The third kappa shape index (κ3) is 5.21. The Balaban J connectivity index is 1.64. The molecule has 0 saturated heterocycles. The maximum absolute atomic E-state index is 13.1. The van der Waals surface area contributed by atoms with Gasteiger partial charge in [-0.3, -0.25) is 0 Å². The molecule has 0 bridgehead atoms. The highest BCUT2D eigenvalue weighted by Gasteiger charge is 2.28. The first-order chi connectivity index (χ1) is 18.2. The average molecular weight is 492 g/mol. The monoisotopic (exact) mass is 491 g/mol. The molecular formula is C32H29NO4. The van der Waals surface area contributed by atoms with Gasteiger partial charge < -0.3 is 19.2 Å². The normalized spacial score (nSPS) is 11.7. The molecule has 0 fully saturated rings. The zero-order valence-corrected chi connectivity index (χ0v) is 20.9. The standard InChI is InChI=1S/C32H29NO4/c1-3-36-32(34)31-30(27-14-7-8-15-28(27)33-31)29(23-16-18-25(35-2)19-17-23)24-12-9-13-26(20-24)37-21-22-10-5-4-6-11-22/h4-20,29,33H,3,21H2,1-2H3. The first-order valence-electron chi connectivity index (χ1n) is 12.4. The molecular weight excluding hydrogens is 462 g/mol. The van der Waals surface area contributed by atoms with Crippen LogP contribution in [0.2, 0.25) is 0 Å². The minimum absolute atomic E-state index is 0.248. The Labute approximate surface area is 216 Å². The Hall–Kier alpha value is -4.51. The summed E-state index contributed by atoms with van der Waals surface area (Å²) < 4.78 is 17.0. The second kappa shape index (κ2) is 11.0. The average Bonchev–Trinajstić information content (AvgIpc) is 3.33. The maximum Gasteiger partial charge on any atom is 0.355 e. The first-order valence-corrected chi connectivity index (χ1v) is 12.4. The second-order valence-corrected chi connectivity index (χ2v) is 8.73. The number of fused-ring (bicyclic) bond motifs is 1. The van der Waals surface area contributed by atoms with E-state index < -0.39 is 0 Å². The largest absolute Gasteiger partial charge is 0.497 e. The fourth-order valence-corrected chi connectivity index (χ4v) is 4.67. The van der Waals surface area contributed by atoms with Gasteiger partial charge in [-0.25, -0.2) is 4.79 Å². The number of benzene rings is 4. The molecule has 0 spiro atoms. The van der Waals surface area contributed by atoms with Gasteiger partial charge in [0, 0.05) is 22.4 Å². The third-order valence-corrected chi connectivity index (χ3v) is 6.40. The predicted octanol–water partition coefficient (Wildman–Crippen LogP) is 7.11. The minimum atomic E-state index is -0.372. The Bertz CT molecular complexity index is 1490. The van der Waals surface area contributed by atoms with Crippen molar-refractivity contribution in [3.05, 3.63) is 131 Å². The third-order valence-electron chi connectivity index (χ3n) is 6.40. The molecule has 0 aliphatic carbocycles. The van der Waals surface area contributed by atoms with E-state index in [2.05, 4.69) is 17.1 Å². The lowest BCUT2D eigenvalue weighted by atomic mass is 9.83. The summed E-state index contributed by atoms with van der Waals surface area (Å²) in [5.41, 5.74) is 5.35. The highest BCUT2D eigenvalue weighted by atomic mass is 16.5. The lowest BCUT2D eigenvalue weighted by Gasteiger charge is -2.21. The van der Waals surface area contributed by atoms with Crippen LogP contribution >= 0.6 is 0 Å². The topological polar surface area (TPSA) is 60.6 Å². The van der Waals surface area contributed by atoms with Gasteiger partial charge in [-0.15, -0.1) is 0 Å². The van der Waals surface area contributed by atoms with Gasteiger partial charge in [0.15, 0.2) is 0 Å². The van der Waals surface area contributed by atoms with Crippen LogP contribution in [0.25, 0.3) is 10.9 Å².